The van der Waals surface area contributed by atoms with E-state index in [1.165, 1.54) is 11.1 Å². The first-order chi connectivity index (χ1) is 13.1. The summed E-state index contributed by atoms with van der Waals surface area (Å²) >= 11 is 1.66. The summed E-state index contributed by atoms with van der Waals surface area (Å²) in [6.07, 6.45) is 2.46. The van der Waals surface area contributed by atoms with Crippen LogP contribution in [0.1, 0.15) is 30.7 Å². The molecule has 5 nitrogen and oxygen atoms in total. The fourth-order valence-electron chi connectivity index (χ4n) is 3.49. The van der Waals surface area contributed by atoms with Gasteiger partial charge in [-0.15, -0.1) is 11.3 Å². The van der Waals surface area contributed by atoms with Crippen LogP contribution in [0.25, 0.3) is 20.4 Å². The summed E-state index contributed by atoms with van der Waals surface area (Å²) in [4.78, 5) is 15.0. The van der Waals surface area contributed by atoms with Crippen LogP contribution in [0.3, 0.4) is 0 Å². The normalized spacial score (nSPS) is 15.8. The standard InChI is InChI=1S/C21H20N4OS/c1-21(2)9-16-14(11-26-21)8-15-17-18(27-20(15)25-16)19(24-12-23-17)22-10-13-6-4-3-5-7-13/h3-8,12H,9-11H2,1-2H3,(H,22,23,24). The van der Waals surface area contributed by atoms with Crippen LogP contribution in [0, 0.1) is 0 Å². The number of nitrogens with one attached hydrogen (secondary N) is 1. The number of pyridine rings is 1. The van der Waals surface area contributed by atoms with Gasteiger partial charge in [0.25, 0.3) is 0 Å². The molecule has 27 heavy (non-hydrogen) atoms. The third-order valence-corrected chi connectivity index (χ3v) is 6.02. The molecule has 0 saturated heterocycles. The van der Waals surface area contributed by atoms with Crippen LogP contribution >= 0.6 is 11.3 Å². The Morgan fingerprint density at radius 2 is 2.04 bits per heavy atom. The van der Waals surface area contributed by atoms with Gasteiger partial charge < -0.3 is 10.1 Å². The van der Waals surface area contributed by atoms with E-state index in [4.69, 9.17) is 9.72 Å². The predicted octanol–water partition coefficient (Wildman–Crippen LogP) is 4.70. The van der Waals surface area contributed by atoms with Crippen molar-refractivity contribution in [3.63, 3.8) is 0 Å². The first-order valence-corrected chi connectivity index (χ1v) is 9.88. The van der Waals surface area contributed by atoms with Crippen molar-refractivity contribution in [3.05, 3.63) is 59.5 Å². The number of aromatic nitrogens is 3. The summed E-state index contributed by atoms with van der Waals surface area (Å²) in [6.45, 7) is 5.56. The quantitative estimate of drug-likeness (QED) is 0.561. The Hall–Kier alpha value is -2.57. The van der Waals surface area contributed by atoms with Gasteiger partial charge in [0.2, 0.25) is 0 Å². The fraction of sp³-hybridized carbons (Fsp3) is 0.286. The lowest BCUT2D eigenvalue weighted by molar-refractivity contribution is -0.0411. The zero-order valence-electron chi connectivity index (χ0n) is 15.3. The summed E-state index contributed by atoms with van der Waals surface area (Å²) in [6, 6.07) is 12.5. The van der Waals surface area contributed by atoms with Crippen molar-refractivity contribution in [2.24, 2.45) is 0 Å². The Morgan fingerprint density at radius 1 is 1.19 bits per heavy atom. The molecule has 5 rings (SSSR count). The lowest BCUT2D eigenvalue weighted by Gasteiger charge is -2.30. The van der Waals surface area contributed by atoms with Gasteiger partial charge in [-0.3, -0.25) is 0 Å². The number of rotatable bonds is 3. The van der Waals surface area contributed by atoms with Crippen molar-refractivity contribution in [2.45, 2.75) is 39.0 Å². The second-order valence-corrected chi connectivity index (χ2v) is 8.51. The zero-order valence-corrected chi connectivity index (χ0v) is 16.1. The molecule has 0 radical (unpaired) electrons. The summed E-state index contributed by atoms with van der Waals surface area (Å²) in [7, 11) is 0. The first kappa shape index (κ1) is 16.6. The van der Waals surface area contributed by atoms with Gasteiger partial charge in [-0.05, 0) is 25.5 Å². The van der Waals surface area contributed by atoms with E-state index in [1.807, 2.05) is 18.2 Å². The molecule has 3 aromatic heterocycles. The SMILES string of the molecule is CC1(C)Cc2nc3sc4c(NCc5ccccc5)ncnc4c3cc2CO1. The molecule has 4 heterocycles. The van der Waals surface area contributed by atoms with Gasteiger partial charge in [0.15, 0.2) is 0 Å². The van der Waals surface area contributed by atoms with Crippen LogP contribution in [-0.2, 0) is 24.3 Å². The van der Waals surface area contributed by atoms with E-state index in [1.54, 1.807) is 17.7 Å². The number of anilines is 1. The highest BCUT2D eigenvalue weighted by atomic mass is 32.1. The van der Waals surface area contributed by atoms with E-state index < -0.39 is 0 Å². The molecule has 0 saturated carbocycles. The van der Waals surface area contributed by atoms with E-state index >= 15 is 0 Å². The Labute approximate surface area is 161 Å². The molecule has 1 aromatic carbocycles. The second-order valence-electron chi connectivity index (χ2n) is 7.51. The van der Waals surface area contributed by atoms with Gasteiger partial charge >= 0.3 is 0 Å². The van der Waals surface area contributed by atoms with Crippen molar-refractivity contribution in [2.75, 3.05) is 5.32 Å². The number of hydrogen-bond acceptors (Lipinski definition) is 6. The van der Waals surface area contributed by atoms with Crippen LogP contribution in [0.4, 0.5) is 5.82 Å². The maximum absolute atomic E-state index is 5.96. The molecule has 0 bridgehead atoms. The predicted molar refractivity (Wildman–Crippen MR) is 109 cm³/mol. The Morgan fingerprint density at radius 3 is 2.89 bits per heavy atom. The minimum atomic E-state index is -0.160. The fourth-order valence-corrected chi connectivity index (χ4v) is 4.59. The molecule has 0 spiro atoms. The summed E-state index contributed by atoms with van der Waals surface area (Å²) < 4.78 is 7.01. The van der Waals surface area contributed by atoms with Crippen molar-refractivity contribution < 1.29 is 4.74 Å². The maximum Gasteiger partial charge on any atom is 0.147 e. The number of fused-ring (bicyclic) bond motifs is 4. The molecule has 0 atom stereocenters. The Balaban J connectivity index is 1.56. The molecule has 0 amide bonds. The molecule has 0 aliphatic carbocycles. The average molecular weight is 376 g/mol. The van der Waals surface area contributed by atoms with Crippen molar-refractivity contribution in [1.29, 1.82) is 0 Å². The lowest BCUT2D eigenvalue weighted by atomic mass is 9.95. The highest BCUT2D eigenvalue weighted by Gasteiger charge is 2.28. The Kier molecular flexibility index (Phi) is 3.84. The molecule has 0 unspecified atom stereocenters. The molecule has 4 aromatic rings. The van der Waals surface area contributed by atoms with Crippen LogP contribution in [0.15, 0.2) is 42.7 Å². The van der Waals surface area contributed by atoms with E-state index in [0.29, 0.717) is 6.61 Å². The number of hydrogen-bond donors (Lipinski definition) is 1. The highest BCUT2D eigenvalue weighted by Crippen LogP contribution is 2.38. The van der Waals surface area contributed by atoms with Crippen LogP contribution in [0.2, 0.25) is 0 Å². The molecule has 1 aliphatic rings. The van der Waals surface area contributed by atoms with Gasteiger partial charge in [0, 0.05) is 23.9 Å². The smallest absolute Gasteiger partial charge is 0.147 e. The average Bonchev–Trinajstić information content (AvgIpc) is 3.03. The second kappa shape index (κ2) is 6.25. The molecular weight excluding hydrogens is 356 g/mol. The zero-order chi connectivity index (χ0) is 18.4. The first-order valence-electron chi connectivity index (χ1n) is 9.07. The minimum Gasteiger partial charge on any atom is -0.370 e. The van der Waals surface area contributed by atoms with Crippen molar-refractivity contribution in [3.8, 4) is 0 Å². The number of nitrogens with zero attached hydrogens (tertiary/aromatic N) is 3. The maximum atomic E-state index is 5.96. The van der Waals surface area contributed by atoms with Gasteiger partial charge in [-0.2, -0.15) is 0 Å². The largest absolute Gasteiger partial charge is 0.370 e. The molecule has 6 heteroatoms. The number of benzene rings is 1. The minimum absolute atomic E-state index is 0.160. The monoisotopic (exact) mass is 376 g/mol. The van der Waals surface area contributed by atoms with Crippen molar-refractivity contribution >= 4 is 37.6 Å². The van der Waals surface area contributed by atoms with E-state index in [9.17, 15) is 0 Å². The third kappa shape index (κ3) is 3.05. The molecular formula is C21H20N4OS. The lowest BCUT2D eigenvalue weighted by Crippen LogP contribution is -2.32. The van der Waals surface area contributed by atoms with Crippen molar-refractivity contribution in [1.82, 2.24) is 15.0 Å². The molecule has 136 valence electrons. The highest BCUT2D eigenvalue weighted by molar-refractivity contribution is 7.25. The summed E-state index contributed by atoms with van der Waals surface area (Å²) in [5, 5.41) is 4.54. The van der Waals surface area contributed by atoms with Crippen LogP contribution in [-0.4, -0.2) is 20.6 Å². The van der Waals surface area contributed by atoms with Crippen LogP contribution in [0.5, 0.6) is 0 Å². The van der Waals surface area contributed by atoms with Gasteiger partial charge in [-0.25, -0.2) is 15.0 Å². The van der Waals surface area contributed by atoms with Gasteiger partial charge in [0.1, 0.15) is 17.0 Å². The number of ether oxygens (including phenoxy) is 1. The molecule has 0 fully saturated rings. The van der Waals surface area contributed by atoms with E-state index in [2.05, 4.69) is 47.3 Å². The topological polar surface area (TPSA) is 59.9 Å². The van der Waals surface area contributed by atoms with Crippen LogP contribution < -0.4 is 5.32 Å². The van der Waals surface area contributed by atoms with E-state index in [-0.39, 0.29) is 5.60 Å². The molecule has 1 N–H and O–H groups in total. The number of thiophene rings is 1. The molecule has 1 aliphatic heterocycles. The summed E-state index contributed by atoms with van der Waals surface area (Å²) in [5.41, 5.74) is 4.32. The van der Waals surface area contributed by atoms with Gasteiger partial charge in [-0.1, -0.05) is 30.3 Å². The summed E-state index contributed by atoms with van der Waals surface area (Å²) in [5.74, 6) is 0.862. The third-order valence-electron chi connectivity index (χ3n) is 4.93. The Bertz CT molecular complexity index is 1140. The van der Waals surface area contributed by atoms with E-state index in [0.717, 1.165) is 44.9 Å². The van der Waals surface area contributed by atoms with Gasteiger partial charge in [0.05, 0.1) is 28.1 Å².